The van der Waals surface area contributed by atoms with E-state index in [0.717, 1.165) is 31.0 Å². The Morgan fingerprint density at radius 3 is 2.62 bits per heavy atom. The average molecular weight is 291 g/mol. The summed E-state index contributed by atoms with van der Waals surface area (Å²) in [6.45, 7) is 7.65. The smallest absolute Gasteiger partial charge is 0.137 e. The first-order valence-electron chi connectivity index (χ1n) is 8.16. The van der Waals surface area contributed by atoms with E-state index in [4.69, 9.17) is 0 Å². The normalized spacial score (nSPS) is 17.0. The molecule has 1 aromatic rings. The van der Waals surface area contributed by atoms with Gasteiger partial charge in [-0.05, 0) is 45.8 Å². The highest BCUT2D eigenvalue weighted by atomic mass is 15.2. The maximum atomic E-state index is 4.57. The van der Waals surface area contributed by atoms with Gasteiger partial charge < -0.3 is 15.1 Å². The van der Waals surface area contributed by atoms with Crippen molar-refractivity contribution in [2.75, 3.05) is 43.9 Å². The zero-order valence-electron chi connectivity index (χ0n) is 13.9. The van der Waals surface area contributed by atoms with Gasteiger partial charge in [-0.3, -0.25) is 0 Å². The molecule has 2 heterocycles. The van der Waals surface area contributed by atoms with E-state index in [2.05, 4.69) is 53.0 Å². The van der Waals surface area contributed by atoms with Crippen LogP contribution in [-0.2, 0) is 6.42 Å². The molecule has 2 rings (SSSR count). The molecule has 118 valence electrons. The molecule has 5 heteroatoms. The lowest BCUT2D eigenvalue weighted by Gasteiger charge is -2.36. The molecular weight excluding hydrogens is 262 g/mol. The van der Waals surface area contributed by atoms with Gasteiger partial charge in [0.2, 0.25) is 0 Å². The van der Waals surface area contributed by atoms with Crippen molar-refractivity contribution in [3.63, 3.8) is 0 Å². The van der Waals surface area contributed by atoms with Gasteiger partial charge in [0.05, 0.1) is 0 Å². The second kappa shape index (κ2) is 7.59. The molecule has 1 aromatic heterocycles. The molecule has 0 aromatic carbocycles. The van der Waals surface area contributed by atoms with Crippen LogP contribution in [0.4, 0.5) is 11.6 Å². The Kier molecular flexibility index (Phi) is 5.79. The maximum Gasteiger partial charge on any atom is 0.137 e. The van der Waals surface area contributed by atoms with Crippen molar-refractivity contribution < 1.29 is 0 Å². The molecule has 0 atom stereocenters. The van der Waals surface area contributed by atoms with Crippen LogP contribution < -0.4 is 10.2 Å². The van der Waals surface area contributed by atoms with Gasteiger partial charge in [-0.2, -0.15) is 0 Å². The number of aromatic nitrogens is 2. The van der Waals surface area contributed by atoms with Gasteiger partial charge in [0.15, 0.2) is 0 Å². The summed E-state index contributed by atoms with van der Waals surface area (Å²) < 4.78 is 0. The van der Waals surface area contributed by atoms with Crippen molar-refractivity contribution in [3.05, 3.63) is 11.9 Å². The fourth-order valence-electron chi connectivity index (χ4n) is 2.98. The van der Waals surface area contributed by atoms with Gasteiger partial charge in [-0.15, -0.1) is 0 Å². The number of hydrogen-bond acceptors (Lipinski definition) is 5. The van der Waals surface area contributed by atoms with E-state index < -0.39 is 0 Å². The van der Waals surface area contributed by atoms with E-state index >= 15 is 0 Å². The number of anilines is 2. The Bertz CT molecular complexity index is 440. The van der Waals surface area contributed by atoms with Crippen LogP contribution in [-0.4, -0.2) is 54.6 Å². The van der Waals surface area contributed by atoms with E-state index in [0.29, 0.717) is 6.04 Å². The van der Waals surface area contributed by atoms with Crippen LogP contribution in [0.2, 0.25) is 0 Å². The van der Waals surface area contributed by atoms with Gasteiger partial charge in [-0.25, -0.2) is 9.97 Å². The number of likely N-dealkylation sites (tertiary alicyclic amines) is 1. The molecule has 0 aliphatic carbocycles. The van der Waals surface area contributed by atoms with Crippen molar-refractivity contribution in [2.24, 2.45) is 0 Å². The van der Waals surface area contributed by atoms with Crippen LogP contribution in [0, 0.1) is 0 Å². The molecule has 1 saturated heterocycles. The zero-order valence-corrected chi connectivity index (χ0v) is 13.9. The second-order valence-electron chi connectivity index (χ2n) is 5.95. The third kappa shape index (κ3) is 3.84. The molecule has 0 amide bonds. The van der Waals surface area contributed by atoms with Crippen molar-refractivity contribution in [2.45, 2.75) is 45.6 Å². The molecular formula is C16H29N5. The molecule has 1 fully saturated rings. The predicted octanol–water partition coefficient (Wildman–Crippen LogP) is 2.39. The molecule has 1 aliphatic heterocycles. The largest absolute Gasteiger partial charge is 0.370 e. The van der Waals surface area contributed by atoms with Crippen molar-refractivity contribution in [1.82, 2.24) is 14.9 Å². The van der Waals surface area contributed by atoms with Crippen LogP contribution >= 0.6 is 0 Å². The van der Waals surface area contributed by atoms with E-state index in [1.807, 2.05) is 0 Å². The van der Waals surface area contributed by atoms with Gasteiger partial charge in [0.1, 0.15) is 18.0 Å². The summed E-state index contributed by atoms with van der Waals surface area (Å²) in [5.74, 6) is 2.10. The summed E-state index contributed by atoms with van der Waals surface area (Å²) in [4.78, 5) is 13.8. The van der Waals surface area contributed by atoms with Gasteiger partial charge >= 0.3 is 0 Å². The quantitative estimate of drug-likeness (QED) is 0.872. The highest BCUT2D eigenvalue weighted by molar-refractivity contribution is 5.59. The van der Waals surface area contributed by atoms with Gasteiger partial charge in [0.25, 0.3) is 0 Å². The van der Waals surface area contributed by atoms with Crippen LogP contribution in [0.5, 0.6) is 0 Å². The van der Waals surface area contributed by atoms with Crippen molar-refractivity contribution in [1.29, 1.82) is 0 Å². The van der Waals surface area contributed by atoms with Crippen LogP contribution in [0.1, 0.15) is 38.7 Å². The van der Waals surface area contributed by atoms with E-state index in [1.165, 1.54) is 31.5 Å². The van der Waals surface area contributed by atoms with E-state index in [1.54, 1.807) is 6.33 Å². The summed E-state index contributed by atoms with van der Waals surface area (Å²) in [6.07, 6.45) is 6.17. The highest BCUT2D eigenvalue weighted by Gasteiger charge is 2.23. The highest BCUT2D eigenvalue weighted by Crippen LogP contribution is 2.27. The number of nitrogens with zero attached hydrogens (tertiary/aromatic N) is 4. The Morgan fingerprint density at radius 1 is 1.29 bits per heavy atom. The second-order valence-corrected chi connectivity index (χ2v) is 5.95. The molecule has 0 saturated carbocycles. The fraction of sp³-hybridized carbons (Fsp3) is 0.750. The molecule has 0 spiro atoms. The van der Waals surface area contributed by atoms with Crippen molar-refractivity contribution >= 4 is 11.6 Å². The monoisotopic (exact) mass is 291 g/mol. The van der Waals surface area contributed by atoms with Crippen LogP contribution in [0.15, 0.2) is 6.33 Å². The van der Waals surface area contributed by atoms with E-state index in [9.17, 15) is 0 Å². The Balaban J connectivity index is 2.17. The minimum absolute atomic E-state index is 0.584. The minimum Gasteiger partial charge on any atom is -0.370 e. The summed E-state index contributed by atoms with van der Waals surface area (Å²) in [5.41, 5.74) is 1.24. The standard InChI is InChI=1S/C16H29N5/c1-5-9-17-15-14(6-2)16(19-12-18-15)21(4)13-7-10-20(3)11-8-13/h12-13H,5-11H2,1-4H3,(H,17,18,19). The topological polar surface area (TPSA) is 44.3 Å². The molecule has 0 bridgehead atoms. The number of nitrogens with one attached hydrogen (secondary N) is 1. The third-order valence-corrected chi connectivity index (χ3v) is 4.39. The third-order valence-electron chi connectivity index (χ3n) is 4.39. The Hall–Kier alpha value is -1.36. The summed E-state index contributed by atoms with van der Waals surface area (Å²) >= 11 is 0. The number of rotatable bonds is 6. The molecule has 1 aliphatic rings. The predicted molar refractivity (Wildman–Crippen MR) is 89.1 cm³/mol. The van der Waals surface area contributed by atoms with Gasteiger partial charge in [-0.1, -0.05) is 13.8 Å². The van der Waals surface area contributed by atoms with Gasteiger partial charge in [0, 0.05) is 25.2 Å². The Labute approximate surface area is 128 Å². The minimum atomic E-state index is 0.584. The first-order valence-corrected chi connectivity index (χ1v) is 8.16. The van der Waals surface area contributed by atoms with Crippen LogP contribution in [0.3, 0.4) is 0 Å². The van der Waals surface area contributed by atoms with Crippen molar-refractivity contribution in [3.8, 4) is 0 Å². The molecule has 1 N–H and O–H groups in total. The summed E-state index contributed by atoms with van der Waals surface area (Å²) in [5, 5.41) is 3.43. The van der Waals surface area contributed by atoms with E-state index in [-0.39, 0.29) is 0 Å². The lowest BCUT2D eigenvalue weighted by atomic mass is 10.0. The molecule has 21 heavy (non-hydrogen) atoms. The SMILES string of the molecule is CCCNc1ncnc(N(C)C2CCN(C)CC2)c1CC. The number of piperidine rings is 1. The molecule has 0 radical (unpaired) electrons. The number of hydrogen-bond donors (Lipinski definition) is 1. The molecule has 0 unspecified atom stereocenters. The first kappa shape index (κ1) is 16.0. The first-order chi connectivity index (χ1) is 10.2. The molecule has 5 nitrogen and oxygen atoms in total. The zero-order chi connectivity index (χ0) is 15.2. The average Bonchev–Trinajstić information content (AvgIpc) is 2.52. The summed E-state index contributed by atoms with van der Waals surface area (Å²) in [6, 6.07) is 0.584. The Morgan fingerprint density at radius 2 is 2.00 bits per heavy atom. The fourth-order valence-corrected chi connectivity index (χ4v) is 2.98. The summed E-state index contributed by atoms with van der Waals surface area (Å²) in [7, 11) is 4.38. The lowest BCUT2D eigenvalue weighted by Crippen LogP contribution is -2.42. The maximum absolute atomic E-state index is 4.57. The lowest BCUT2D eigenvalue weighted by molar-refractivity contribution is 0.252. The van der Waals surface area contributed by atoms with Crippen LogP contribution in [0.25, 0.3) is 0 Å².